The van der Waals surface area contributed by atoms with Crippen molar-refractivity contribution in [3.63, 3.8) is 0 Å². The summed E-state index contributed by atoms with van der Waals surface area (Å²) in [5.41, 5.74) is 5.51. The van der Waals surface area contributed by atoms with Gasteiger partial charge in [0.1, 0.15) is 0 Å². The molecule has 0 aromatic carbocycles. The number of amides is 1. The minimum Gasteiger partial charge on any atom is -0.449 e. The first-order valence-electron chi connectivity index (χ1n) is 5.47. The van der Waals surface area contributed by atoms with Crippen molar-refractivity contribution < 1.29 is 14.7 Å². The van der Waals surface area contributed by atoms with Crippen LogP contribution in [0.2, 0.25) is 0 Å². The van der Waals surface area contributed by atoms with Gasteiger partial charge in [-0.25, -0.2) is 4.79 Å². The normalized spacial score (nSPS) is 21.6. The zero-order valence-electron chi connectivity index (χ0n) is 9.72. The number of hydrogen-bond acceptors (Lipinski definition) is 4. The summed E-state index contributed by atoms with van der Waals surface area (Å²) >= 11 is 0. The van der Waals surface area contributed by atoms with E-state index in [4.69, 9.17) is 15.7 Å². The van der Waals surface area contributed by atoms with Crippen molar-refractivity contribution in [2.24, 2.45) is 16.8 Å². The quantitative estimate of drug-likeness (QED) is 0.327. The topological polar surface area (TPSA) is 88.2 Å². The molecule has 0 radical (unpaired) electrons. The summed E-state index contributed by atoms with van der Waals surface area (Å²) in [4.78, 5) is 13.2. The molecule has 1 saturated heterocycles. The third-order valence-corrected chi connectivity index (χ3v) is 2.48. The fourth-order valence-corrected chi connectivity index (χ4v) is 1.68. The van der Waals surface area contributed by atoms with Crippen LogP contribution in [-0.4, -0.2) is 41.2 Å². The van der Waals surface area contributed by atoms with Crippen molar-refractivity contribution in [3.8, 4) is 0 Å². The van der Waals surface area contributed by atoms with Crippen LogP contribution in [0, 0.1) is 5.92 Å². The standard InChI is InChI=1S/C10H19N3O3/c1-7(2)6-16-10(14)13-5-3-4-8(13)9(11)12-15/h7-8,15H,3-6H2,1-2H3,(H2,11,12). The molecule has 1 aliphatic heterocycles. The lowest BCUT2D eigenvalue weighted by molar-refractivity contribution is 0.0944. The average molecular weight is 229 g/mol. The predicted molar refractivity (Wildman–Crippen MR) is 59.3 cm³/mol. The number of nitrogens with zero attached hydrogens (tertiary/aromatic N) is 2. The molecule has 1 amide bonds. The summed E-state index contributed by atoms with van der Waals surface area (Å²) in [6.45, 7) is 4.92. The van der Waals surface area contributed by atoms with Crippen molar-refractivity contribution >= 4 is 11.9 Å². The number of likely N-dealkylation sites (tertiary alicyclic amines) is 1. The first-order chi connectivity index (χ1) is 7.56. The van der Waals surface area contributed by atoms with Gasteiger partial charge in [0, 0.05) is 6.54 Å². The Bertz CT molecular complexity index is 278. The molecule has 6 nitrogen and oxygen atoms in total. The highest BCUT2D eigenvalue weighted by molar-refractivity contribution is 5.88. The van der Waals surface area contributed by atoms with Crippen LogP contribution < -0.4 is 5.73 Å². The molecule has 0 aliphatic carbocycles. The molecular weight excluding hydrogens is 210 g/mol. The lowest BCUT2D eigenvalue weighted by atomic mass is 10.2. The molecule has 0 bridgehead atoms. The van der Waals surface area contributed by atoms with E-state index in [0.717, 1.165) is 6.42 Å². The van der Waals surface area contributed by atoms with Crippen molar-refractivity contribution in [1.29, 1.82) is 0 Å². The summed E-state index contributed by atoms with van der Waals surface area (Å²) in [5.74, 6) is 0.368. The Hall–Kier alpha value is -1.46. The number of ether oxygens (including phenoxy) is 1. The molecule has 0 spiro atoms. The lowest BCUT2D eigenvalue weighted by Crippen LogP contribution is -2.44. The molecule has 1 aliphatic rings. The van der Waals surface area contributed by atoms with Gasteiger partial charge in [0.15, 0.2) is 5.84 Å². The van der Waals surface area contributed by atoms with Crippen molar-refractivity contribution in [2.45, 2.75) is 32.7 Å². The van der Waals surface area contributed by atoms with E-state index in [2.05, 4.69) is 5.16 Å². The molecule has 3 N–H and O–H groups in total. The van der Waals surface area contributed by atoms with E-state index in [1.807, 2.05) is 13.8 Å². The molecule has 0 aromatic heterocycles. The Labute approximate surface area is 95.0 Å². The van der Waals surface area contributed by atoms with Gasteiger partial charge >= 0.3 is 6.09 Å². The van der Waals surface area contributed by atoms with E-state index < -0.39 is 0 Å². The summed E-state index contributed by atoms with van der Waals surface area (Å²) in [6.07, 6.45) is 1.17. The molecule has 1 rings (SSSR count). The van der Waals surface area contributed by atoms with Gasteiger partial charge in [-0.2, -0.15) is 0 Å². The van der Waals surface area contributed by atoms with Gasteiger partial charge in [-0.3, -0.25) is 4.90 Å². The van der Waals surface area contributed by atoms with Crippen LogP contribution in [-0.2, 0) is 4.74 Å². The molecule has 92 valence electrons. The Balaban J connectivity index is 2.54. The highest BCUT2D eigenvalue weighted by Crippen LogP contribution is 2.18. The zero-order valence-corrected chi connectivity index (χ0v) is 9.72. The van der Waals surface area contributed by atoms with Gasteiger partial charge < -0.3 is 15.7 Å². The fraction of sp³-hybridized carbons (Fsp3) is 0.800. The monoisotopic (exact) mass is 229 g/mol. The SMILES string of the molecule is CC(C)COC(=O)N1CCCC1C(N)=NO. The van der Waals surface area contributed by atoms with Crippen LogP contribution in [0.5, 0.6) is 0 Å². The summed E-state index contributed by atoms with van der Waals surface area (Å²) in [7, 11) is 0. The molecule has 0 aromatic rings. The van der Waals surface area contributed by atoms with Gasteiger partial charge in [0.25, 0.3) is 0 Å². The van der Waals surface area contributed by atoms with E-state index >= 15 is 0 Å². The van der Waals surface area contributed by atoms with Crippen LogP contribution in [0.15, 0.2) is 5.16 Å². The summed E-state index contributed by atoms with van der Waals surface area (Å²) < 4.78 is 5.11. The van der Waals surface area contributed by atoms with Crippen molar-refractivity contribution in [3.05, 3.63) is 0 Å². The molecule has 16 heavy (non-hydrogen) atoms. The summed E-state index contributed by atoms with van der Waals surface area (Å²) in [6, 6.07) is -0.329. The van der Waals surface area contributed by atoms with Gasteiger partial charge in [0.2, 0.25) is 0 Å². The van der Waals surface area contributed by atoms with Crippen molar-refractivity contribution in [1.82, 2.24) is 4.90 Å². The molecule has 1 atom stereocenters. The molecular formula is C10H19N3O3. The predicted octanol–water partition coefficient (Wildman–Crippen LogP) is 0.990. The highest BCUT2D eigenvalue weighted by atomic mass is 16.6. The summed E-state index contributed by atoms with van der Waals surface area (Å²) in [5, 5.41) is 11.5. The number of amidine groups is 1. The van der Waals surface area contributed by atoms with Crippen LogP contribution >= 0.6 is 0 Å². The third-order valence-electron chi connectivity index (χ3n) is 2.48. The first-order valence-corrected chi connectivity index (χ1v) is 5.47. The number of carbonyl (C=O) groups is 1. The van der Waals surface area contributed by atoms with Crippen LogP contribution in [0.25, 0.3) is 0 Å². The van der Waals surface area contributed by atoms with Crippen molar-refractivity contribution in [2.75, 3.05) is 13.2 Å². The largest absolute Gasteiger partial charge is 0.449 e. The highest BCUT2D eigenvalue weighted by Gasteiger charge is 2.32. The molecule has 1 fully saturated rings. The second-order valence-electron chi connectivity index (χ2n) is 4.35. The smallest absolute Gasteiger partial charge is 0.410 e. The number of nitrogens with two attached hydrogens (primary N) is 1. The van der Waals surface area contributed by atoms with Gasteiger partial charge in [0.05, 0.1) is 12.6 Å². The van der Waals surface area contributed by atoms with E-state index in [0.29, 0.717) is 25.5 Å². The zero-order chi connectivity index (χ0) is 12.1. The average Bonchev–Trinajstić information content (AvgIpc) is 2.73. The Morgan fingerprint density at radius 3 is 2.94 bits per heavy atom. The minimum atomic E-state index is -0.386. The van der Waals surface area contributed by atoms with E-state index in [1.54, 1.807) is 0 Å². The van der Waals surface area contributed by atoms with E-state index in [1.165, 1.54) is 4.90 Å². The third kappa shape index (κ3) is 3.01. The molecule has 0 saturated carbocycles. The lowest BCUT2D eigenvalue weighted by Gasteiger charge is -2.23. The van der Waals surface area contributed by atoms with Gasteiger partial charge in [-0.15, -0.1) is 0 Å². The second kappa shape index (κ2) is 5.58. The van der Waals surface area contributed by atoms with Crippen LogP contribution in [0.4, 0.5) is 4.79 Å². The van der Waals surface area contributed by atoms with E-state index in [9.17, 15) is 4.79 Å². The molecule has 1 unspecified atom stereocenters. The second-order valence-corrected chi connectivity index (χ2v) is 4.35. The minimum absolute atomic E-state index is 0.0685. The van der Waals surface area contributed by atoms with Crippen LogP contribution in [0.1, 0.15) is 26.7 Å². The van der Waals surface area contributed by atoms with Gasteiger partial charge in [-0.05, 0) is 18.8 Å². The maximum atomic E-state index is 11.7. The first kappa shape index (κ1) is 12.6. The maximum Gasteiger partial charge on any atom is 0.410 e. The Morgan fingerprint density at radius 1 is 1.69 bits per heavy atom. The van der Waals surface area contributed by atoms with Crippen LogP contribution in [0.3, 0.4) is 0 Å². The van der Waals surface area contributed by atoms with E-state index in [-0.39, 0.29) is 18.0 Å². The van der Waals surface area contributed by atoms with Gasteiger partial charge in [-0.1, -0.05) is 19.0 Å². The maximum absolute atomic E-state index is 11.7. The number of carbonyl (C=O) groups excluding carboxylic acids is 1. The Kier molecular flexibility index (Phi) is 4.39. The number of hydrogen-bond donors (Lipinski definition) is 2. The number of rotatable bonds is 3. The molecule has 6 heteroatoms. The Morgan fingerprint density at radius 2 is 2.38 bits per heavy atom. The molecule has 1 heterocycles. The fourth-order valence-electron chi connectivity index (χ4n) is 1.68. The number of oxime groups is 1.